The fraction of sp³-hybridized carbons (Fsp3) is 0.211. The van der Waals surface area contributed by atoms with Crippen LogP contribution in [-0.4, -0.2) is 16.7 Å². The number of non-ortho nitro benzene ring substituents is 1. The maximum absolute atomic E-state index is 11.6. The molecule has 0 aromatic heterocycles. The molecule has 7 nitrogen and oxygen atoms in total. The Morgan fingerprint density at radius 3 is 2.54 bits per heavy atom. The number of nitro groups is 1. The van der Waals surface area contributed by atoms with E-state index < -0.39 is 29.1 Å². The number of hydrogen-bond donors (Lipinski definition) is 0. The van der Waals surface area contributed by atoms with Gasteiger partial charge in [0.15, 0.2) is 6.29 Å². The van der Waals surface area contributed by atoms with Crippen molar-refractivity contribution in [2.45, 2.75) is 24.6 Å². The van der Waals surface area contributed by atoms with E-state index in [9.17, 15) is 14.9 Å². The molecule has 0 bridgehead atoms. The zero-order valence-corrected chi connectivity index (χ0v) is 13.6. The third-order valence-corrected chi connectivity index (χ3v) is 4.34. The molecular formula is C19H15NO6. The van der Waals surface area contributed by atoms with Crippen molar-refractivity contribution in [2.24, 2.45) is 0 Å². The van der Waals surface area contributed by atoms with Crippen molar-refractivity contribution >= 4 is 11.7 Å². The number of esters is 1. The number of nitrogens with zero attached hydrogens (tertiary/aromatic N) is 1. The van der Waals surface area contributed by atoms with Crippen LogP contribution < -0.4 is 0 Å². The summed E-state index contributed by atoms with van der Waals surface area (Å²) < 4.78 is 17.4. The summed E-state index contributed by atoms with van der Waals surface area (Å²) in [4.78, 5) is 22.2. The second-order valence-electron chi connectivity index (χ2n) is 6.11. The number of benzene rings is 2. The van der Waals surface area contributed by atoms with E-state index in [1.54, 1.807) is 18.2 Å². The third kappa shape index (κ3) is 3.10. The zero-order valence-electron chi connectivity index (χ0n) is 13.6. The molecule has 0 radical (unpaired) electrons. The van der Waals surface area contributed by atoms with Crippen LogP contribution in [0.15, 0.2) is 66.7 Å². The molecule has 26 heavy (non-hydrogen) atoms. The standard InChI is InChI=1S/C19H15NO6/c21-17-9-10-19(25-17)12-16(14-7-4-8-15(11-14)20(22)23)24-18(26-19)13-5-2-1-3-6-13/h1-11,16,18H,12H2/t16-,18+,19-/m1/s1. The molecule has 2 aliphatic rings. The number of nitro benzene ring substituents is 1. The van der Waals surface area contributed by atoms with Gasteiger partial charge in [-0.25, -0.2) is 4.79 Å². The molecular weight excluding hydrogens is 338 g/mol. The van der Waals surface area contributed by atoms with Gasteiger partial charge in [0, 0.05) is 30.2 Å². The third-order valence-electron chi connectivity index (χ3n) is 4.34. The molecule has 0 unspecified atom stereocenters. The number of carbonyl (C=O) groups excluding carboxylic acids is 1. The lowest BCUT2D eigenvalue weighted by Gasteiger charge is -2.40. The normalized spacial score (nSPS) is 27.5. The van der Waals surface area contributed by atoms with Crippen LogP contribution in [0.5, 0.6) is 0 Å². The first-order valence-electron chi connectivity index (χ1n) is 8.09. The minimum atomic E-state index is -1.24. The van der Waals surface area contributed by atoms with Gasteiger partial charge in [0.2, 0.25) is 5.79 Å². The largest absolute Gasteiger partial charge is 0.426 e. The molecule has 0 amide bonds. The van der Waals surface area contributed by atoms with Crippen molar-refractivity contribution in [1.82, 2.24) is 0 Å². The number of hydrogen-bond acceptors (Lipinski definition) is 6. The molecule has 3 atom stereocenters. The van der Waals surface area contributed by atoms with Crippen LogP contribution in [0.3, 0.4) is 0 Å². The predicted molar refractivity (Wildman–Crippen MR) is 89.8 cm³/mol. The summed E-state index contributed by atoms with van der Waals surface area (Å²) in [5.74, 6) is -1.73. The van der Waals surface area contributed by atoms with Gasteiger partial charge in [0.25, 0.3) is 5.69 Å². The fourth-order valence-corrected chi connectivity index (χ4v) is 3.11. The Bertz CT molecular complexity index is 881. The molecule has 2 aromatic carbocycles. The summed E-state index contributed by atoms with van der Waals surface area (Å²) in [5.41, 5.74) is 1.36. The highest BCUT2D eigenvalue weighted by atomic mass is 16.8. The topological polar surface area (TPSA) is 87.9 Å². The lowest BCUT2D eigenvalue weighted by Crippen LogP contribution is -2.41. The van der Waals surface area contributed by atoms with Crippen molar-refractivity contribution in [2.75, 3.05) is 0 Å². The second-order valence-corrected chi connectivity index (χ2v) is 6.11. The van der Waals surface area contributed by atoms with Crippen LogP contribution in [0, 0.1) is 10.1 Å². The number of carbonyl (C=O) groups is 1. The van der Waals surface area contributed by atoms with E-state index in [-0.39, 0.29) is 12.1 Å². The minimum Gasteiger partial charge on any atom is -0.426 e. The Kier molecular flexibility index (Phi) is 4.02. The van der Waals surface area contributed by atoms with Gasteiger partial charge in [-0.3, -0.25) is 10.1 Å². The highest BCUT2D eigenvalue weighted by Gasteiger charge is 2.47. The minimum absolute atomic E-state index is 0.0261. The second kappa shape index (κ2) is 6.36. The number of rotatable bonds is 3. The lowest BCUT2D eigenvalue weighted by atomic mass is 9.98. The first-order valence-corrected chi connectivity index (χ1v) is 8.09. The van der Waals surface area contributed by atoms with Crippen LogP contribution in [0.25, 0.3) is 0 Å². The molecule has 4 rings (SSSR count). The van der Waals surface area contributed by atoms with Gasteiger partial charge < -0.3 is 14.2 Å². The highest BCUT2D eigenvalue weighted by Crippen LogP contribution is 2.45. The van der Waals surface area contributed by atoms with Crippen molar-refractivity contribution < 1.29 is 23.9 Å². The first kappa shape index (κ1) is 16.4. The van der Waals surface area contributed by atoms with Crippen LogP contribution in [0.2, 0.25) is 0 Å². The molecule has 2 aliphatic heterocycles. The summed E-state index contributed by atoms with van der Waals surface area (Å²) in [7, 11) is 0. The van der Waals surface area contributed by atoms with E-state index in [2.05, 4.69) is 0 Å². The molecule has 1 saturated heterocycles. The van der Waals surface area contributed by atoms with E-state index in [0.29, 0.717) is 5.56 Å². The van der Waals surface area contributed by atoms with E-state index in [0.717, 1.165) is 5.56 Å². The average Bonchev–Trinajstić information content (AvgIpc) is 3.01. The molecule has 132 valence electrons. The Balaban J connectivity index is 1.70. The Hall–Kier alpha value is -3.03. The zero-order chi connectivity index (χ0) is 18.1. The smallest absolute Gasteiger partial charge is 0.333 e. The van der Waals surface area contributed by atoms with E-state index in [1.165, 1.54) is 18.2 Å². The van der Waals surface area contributed by atoms with E-state index >= 15 is 0 Å². The van der Waals surface area contributed by atoms with Gasteiger partial charge >= 0.3 is 5.97 Å². The molecule has 1 fully saturated rings. The molecule has 0 N–H and O–H groups in total. The number of ether oxygens (including phenoxy) is 3. The molecule has 0 saturated carbocycles. The molecule has 1 spiro atoms. The van der Waals surface area contributed by atoms with Crippen molar-refractivity contribution in [3.63, 3.8) is 0 Å². The summed E-state index contributed by atoms with van der Waals surface area (Å²) in [5, 5.41) is 11.1. The van der Waals surface area contributed by atoms with Crippen molar-refractivity contribution in [1.29, 1.82) is 0 Å². The molecule has 2 heterocycles. The van der Waals surface area contributed by atoms with Gasteiger partial charge in [-0.15, -0.1) is 0 Å². The summed E-state index contributed by atoms with van der Waals surface area (Å²) in [6, 6.07) is 15.5. The Labute approximate surface area is 148 Å². The van der Waals surface area contributed by atoms with Crippen LogP contribution >= 0.6 is 0 Å². The predicted octanol–water partition coefficient (Wildman–Crippen LogP) is 3.58. The van der Waals surface area contributed by atoms with Crippen LogP contribution in [-0.2, 0) is 19.0 Å². The molecule has 7 heteroatoms. The monoisotopic (exact) mass is 353 g/mol. The maximum Gasteiger partial charge on any atom is 0.333 e. The fourth-order valence-electron chi connectivity index (χ4n) is 3.11. The van der Waals surface area contributed by atoms with E-state index in [1.807, 2.05) is 30.3 Å². The highest BCUT2D eigenvalue weighted by molar-refractivity contribution is 5.85. The van der Waals surface area contributed by atoms with Crippen molar-refractivity contribution in [3.05, 3.63) is 88.0 Å². The first-order chi connectivity index (χ1) is 12.5. The van der Waals surface area contributed by atoms with Gasteiger partial charge in [0.1, 0.15) is 0 Å². The average molecular weight is 353 g/mol. The molecule has 0 aliphatic carbocycles. The summed E-state index contributed by atoms with van der Waals surface area (Å²) >= 11 is 0. The molecule has 2 aromatic rings. The Morgan fingerprint density at radius 1 is 1.08 bits per heavy atom. The quantitative estimate of drug-likeness (QED) is 0.476. The maximum atomic E-state index is 11.6. The van der Waals surface area contributed by atoms with Gasteiger partial charge in [-0.2, -0.15) is 0 Å². The van der Waals surface area contributed by atoms with Gasteiger partial charge in [-0.05, 0) is 11.6 Å². The van der Waals surface area contributed by atoms with Crippen molar-refractivity contribution in [3.8, 4) is 0 Å². The van der Waals surface area contributed by atoms with Gasteiger partial charge in [0.05, 0.1) is 11.0 Å². The lowest BCUT2D eigenvalue weighted by molar-refractivity contribution is -0.385. The Morgan fingerprint density at radius 2 is 1.85 bits per heavy atom. The summed E-state index contributed by atoms with van der Waals surface area (Å²) in [6.07, 6.45) is 1.78. The van der Waals surface area contributed by atoms with Crippen LogP contribution in [0.4, 0.5) is 5.69 Å². The summed E-state index contributed by atoms with van der Waals surface area (Å²) in [6.45, 7) is 0. The van der Waals surface area contributed by atoms with Gasteiger partial charge in [-0.1, -0.05) is 42.5 Å². The van der Waals surface area contributed by atoms with E-state index in [4.69, 9.17) is 14.2 Å². The van der Waals surface area contributed by atoms with Crippen LogP contribution in [0.1, 0.15) is 29.9 Å². The SMILES string of the molecule is O=C1C=C[C@@]2(C[C@H](c3cccc([N+](=O)[O-])c3)O[C@H](c3ccccc3)O2)O1.